The number of carbonyl (C=O) groups excluding carboxylic acids is 1. The molecule has 1 aliphatic rings. The predicted octanol–water partition coefficient (Wildman–Crippen LogP) is 1.24. The standard InChI is InChI=1S/C11H16N2O3/c1-2-15-11(14)9-6-12-13(7-9)8-10-4-3-5-16-10/h6-7,10H,2-5,8H2,1H3. The minimum Gasteiger partial charge on any atom is -0.462 e. The van der Waals surface area contributed by atoms with Crippen LogP contribution in [0.25, 0.3) is 0 Å². The molecule has 0 saturated carbocycles. The van der Waals surface area contributed by atoms with E-state index >= 15 is 0 Å². The topological polar surface area (TPSA) is 53.3 Å². The number of esters is 1. The van der Waals surface area contributed by atoms with E-state index in [0.717, 1.165) is 19.4 Å². The summed E-state index contributed by atoms with van der Waals surface area (Å²) in [6.07, 6.45) is 5.65. The number of ether oxygens (including phenoxy) is 2. The van der Waals surface area contributed by atoms with Crippen molar-refractivity contribution in [3.63, 3.8) is 0 Å². The summed E-state index contributed by atoms with van der Waals surface area (Å²) < 4.78 is 12.1. The quantitative estimate of drug-likeness (QED) is 0.722. The highest BCUT2D eigenvalue weighted by atomic mass is 16.5. The van der Waals surface area contributed by atoms with E-state index in [9.17, 15) is 4.79 Å². The second-order valence-electron chi connectivity index (χ2n) is 3.81. The van der Waals surface area contributed by atoms with Crippen LogP contribution in [-0.4, -0.2) is 35.1 Å². The third-order valence-electron chi connectivity index (χ3n) is 2.56. The molecule has 1 saturated heterocycles. The van der Waals surface area contributed by atoms with Gasteiger partial charge in [0, 0.05) is 12.8 Å². The maximum atomic E-state index is 11.4. The van der Waals surface area contributed by atoms with E-state index in [0.29, 0.717) is 18.7 Å². The minimum atomic E-state index is -0.318. The van der Waals surface area contributed by atoms with Crippen LogP contribution < -0.4 is 0 Å². The van der Waals surface area contributed by atoms with Crippen molar-refractivity contribution in [2.75, 3.05) is 13.2 Å². The van der Waals surface area contributed by atoms with E-state index in [2.05, 4.69) is 5.10 Å². The van der Waals surface area contributed by atoms with Gasteiger partial charge in [-0.1, -0.05) is 0 Å². The molecule has 0 aliphatic carbocycles. The molecule has 88 valence electrons. The van der Waals surface area contributed by atoms with Crippen LogP contribution in [-0.2, 0) is 16.0 Å². The van der Waals surface area contributed by atoms with E-state index in [4.69, 9.17) is 9.47 Å². The largest absolute Gasteiger partial charge is 0.462 e. The van der Waals surface area contributed by atoms with Gasteiger partial charge >= 0.3 is 5.97 Å². The Morgan fingerprint density at radius 1 is 1.75 bits per heavy atom. The first kappa shape index (κ1) is 11.1. The lowest BCUT2D eigenvalue weighted by Crippen LogP contribution is -2.15. The summed E-state index contributed by atoms with van der Waals surface area (Å²) in [4.78, 5) is 11.4. The van der Waals surface area contributed by atoms with Gasteiger partial charge in [0.15, 0.2) is 0 Å². The summed E-state index contributed by atoms with van der Waals surface area (Å²) >= 11 is 0. The van der Waals surface area contributed by atoms with E-state index in [1.54, 1.807) is 17.8 Å². The van der Waals surface area contributed by atoms with Crippen LogP contribution in [0.4, 0.5) is 0 Å². The lowest BCUT2D eigenvalue weighted by atomic mass is 10.2. The second kappa shape index (κ2) is 5.12. The normalized spacial score (nSPS) is 19.9. The van der Waals surface area contributed by atoms with Gasteiger partial charge in [0.05, 0.1) is 31.0 Å². The summed E-state index contributed by atoms with van der Waals surface area (Å²) in [5.74, 6) is -0.318. The van der Waals surface area contributed by atoms with Gasteiger partial charge in [0.1, 0.15) is 0 Å². The number of aromatic nitrogens is 2. The molecule has 2 rings (SSSR count). The monoisotopic (exact) mass is 224 g/mol. The number of hydrogen-bond acceptors (Lipinski definition) is 4. The van der Waals surface area contributed by atoms with Gasteiger partial charge in [-0.25, -0.2) is 4.79 Å². The molecule has 0 bridgehead atoms. The Morgan fingerprint density at radius 3 is 3.31 bits per heavy atom. The van der Waals surface area contributed by atoms with Crippen LogP contribution in [0.5, 0.6) is 0 Å². The van der Waals surface area contributed by atoms with Crippen LogP contribution in [0.3, 0.4) is 0 Å². The fraction of sp³-hybridized carbons (Fsp3) is 0.636. The first-order valence-corrected chi connectivity index (χ1v) is 5.60. The molecule has 5 heteroatoms. The molecule has 5 nitrogen and oxygen atoms in total. The molecular weight excluding hydrogens is 208 g/mol. The first-order valence-electron chi connectivity index (χ1n) is 5.60. The van der Waals surface area contributed by atoms with Crippen molar-refractivity contribution >= 4 is 5.97 Å². The number of nitrogens with zero attached hydrogens (tertiary/aromatic N) is 2. The average molecular weight is 224 g/mol. The highest BCUT2D eigenvalue weighted by Crippen LogP contribution is 2.14. The van der Waals surface area contributed by atoms with E-state index < -0.39 is 0 Å². The fourth-order valence-electron chi connectivity index (χ4n) is 1.78. The summed E-state index contributed by atoms with van der Waals surface area (Å²) in [5.41, 5.74) is 0.500. The molecule has 0 amide bonds. The minimum absolute atomic E-state index is 0.231. The molecule has 1 unspecified atom stereocenters. The Balaban J connectivity index is 1.93. The molecule has 1 aromatic heterocycles. The predicted molar refractivity (Wildman–Crippen MR) is 57.2 cm³/mol. The van der Waals surface area contributed by atoms with Gasteiger partial charge in [0.2, 0.25) is 0 Å². The Bertz CT molecular complexity index is 356. The highest BCUT2D eigenvalue weighted by molar-refractivity contribution is 5.88. The summed E-state index contributed by atoms with van der Waals surface area (Å²) in [5, 5.41) is 4.12. The number of rotatable bonds is 4. The van der Waals surface area contributed by atoms with Crippen LogP contribution in [0.15, 0.2) is 12.4 Å². The molecule has 16 heavy (non-hydrogen) atoms. The third-order valence-corrected chi connectivity index (χ3v) is 2.56. The van der Waals surface area contributed by atoms with Crippen molar-refractivity contribution in [3.05, 3.63) is 18.0 Å². The molecule has 0 radical (unpaired) electrons. The SMILES string of the molecule is CCOC(=O)c1cnn(CC2CCCO2)c1. The maximum Gasteiger partial charge on any atom is 0.341 e. The van der Waals surface area contributed by atoms with Gasteiger partial charge in [-0.15, -0.1) is 0 Å². The van der Waals surface area contributed by atoms with Crippen molar-refractivity contribution in [1.29, 1.82) is 0 Å². The summed E-state index contributed by atoms with van der Waals surface area (Å²) in [6.45, 7) is 3.71. The molecule has 0 aromatic carbocycles. The van der Waals surface area contributed by atoms with E-state index in [-0.39, 0.29) is 12.1 Å². The molecule has 0 N–H and O–H groups in total. The molecule has 1 aliphatic heterocycles. The lowest BCUT2D eigenvalue weighted by molar-refractivity contribution is 0.0525. The summed E-state index contributed by atoms with van der Waals surface area (Å²) in [7, 11) is 0. The van der Waals surface area contributed by atoms with Crippen molar-refractivity contribution in [1.82, 2.24) is 9.78 Å². The summed E-state index contributed by atoms with van der Waals surface area (Å²) in [6, 6.07) is 0. The van der Waals surface area contributed by atoms with Gasteiger partial charge in [-0.3, -0.25) is 4.68 Å². The Kier molecular flexibility index (Phi) is 3.56. The van der Waals surface area contributed by atoms with E-state index in [1.807, 2.05) is 0 Å². The zero-order chi connectivity index (χ0) is 11.4. The Labute approximate surface area is 94.3 Å². The van der Waals surface area contributed by atoms with Crippen molar-refractivity contribution in [3.8, 4) is 0 Å². The van der Waals surface area contributed by atoms with Crippen LogP contribution >= 0.6 is 0 Å². The second-order valence-corrected chi connectivity index (χ2v) is 3.81. The molecule has 1 atom stereocenters. The van der Waals surface area contributed by atoms with Gasteiger partial charge in [-0.2, -0.15) is 5.10 Å². The highest BCUT2D eigenvalue weighted by Gasteiger charge is 2.17. The molecule has 1 aromatic rings. The Hall–Kier alpha value is -1.36. The first-order chi connectivity index (χ1) is 7.79. The van der Waals surface area contributed by atoms with Crippen LogP contribution in [0.1, 0.15) is 30.1 Å². The van der Waals surface area contributed by atoms with Gasteiger partial charge in [-0.05, 0) is 19.8 Å². The molecule has 2 heterocycles. The fourth-order valence-corrected chi connectivity index (χ4v) is 1.78. The third kappa shape index (κ3) is 2.61. The van der Waals surface area contributed by atoms with Crippen molar-refractivity contribution < 1.29 is 14.3 Å². The Morgan fingerprint density at radius 2 is 2.62 bits per heavy atom. The van der Waals surface area contributed by atoms with Crippen molar-refractivity contribution in [2.24, 2.45) is 0 Å². The van der Waals surface area contributed by atoms with Crippen LogP contribution in [0.2, 0.25) is 0 Å². The average Bonchev–Trinajstić information content (AvgIpc) is 2.90. The van der Waals surface area contributed by atoms with Gasteiger partial charge in [0.25, 0.3) is 0 Å². The van der Waals surface area contributed by atoms with Gasteiger partial charge < -0.3 is 9.47 Å². The van der Waals surface area contributed by atoms with Crippen LogP contribution in [0, 0.1) is 0 Å². The van der Waals surface area contributed by atoms with E-state index in [1.165, 1.54) is 6.20 Å². The zero-order valence-electron chi connectivity index (χ0n) is 9.39. The number of carbonyl (C=O) groups is 1. The molecule has 0 spiro atoms. The smallest absolute Gasteiger partial charge is 0.341 e. The lowest BCUT2D eigenvalue weighted by Gasteiger charge is -2.08. The van der Waals surface area contributed by atoms with Crippen molar-refractivity contribution in [2.45, 2.75) is 32.4 Å². The molecule has 1 fully saturated rings. The zero-order valence-corrected chi connectivity index (χ0v) is 9.39. The molecular formula is C11H16N2O3. The maximum absolute atomic E-state index is 11.4. The number of hydrogen-bond donors (Lipinski definition) is 0.